The molecule has 8 heteroatoms. The van der Waals surface area contributed by atoms with Crippen LogP contribution in [0.3, 0.4) is 0 Å². The first-order valence-electron chi connectivity index (χ1n) is 10.4. The minimum absolute atomic E-state index is 0.214. The highest BCUT2D eigenvalue weighted by atomic mass is 16.5. The molecule has 1 aromatic heterocycles. The summed E-state index contributed by atoms with van der Waals surface area (Å²) in [6, 6.07) is 9.33. The zero-order valence-electron chi connectivity index (χ0n) is 19.4. The lowest BCUT2D eigenvalue weighted by Crippen LogP contribution is -2.17. The van der Waals surface area contributed by atoms with Gasteiger partial charge in [-0.1, -0.05) is 17.7 Å². The number of aromatic nitrogens is 1. The minimum atomic E-state index is -0.701. The van der Waals surface area contributed by atoms with Crippen molar-refractivity contribution in [1.29, 1.82) is 0 Å². The predicted octanol–water partition coefficient (Wildman–Crippen LogP) is 4.19. The van der Waals surface area contributed by atoms with Crippen molar-refractivity contribution >= 4 is 17.6 Å². The Hall–Kier alpha value is -3.94. The summed E-state index contributed by atoms with van der Waals surface area (Å²) < 4.78 is 21.6. The Labute approximate surface area is 191 Å². The lowest BCUT2D eigenvalue weighted by Gasteiger charge is -2.17. The number of hydrogen-bond donors (Lipinski definition) is 2. The van der Waals surface area contributed by atoms with E-state index in [1.807, 2.05) is 25.1 Å². The van der Waals surface area contributed by atoms with Crippen LogP contribution in [0.4, 0.5) is 5.69 Å². The Morgan fingerprint density at radius 3 is 2.18 bits per heavy atom. The van der Waals surface area contributed by atoms with Crippen LogP contribution >= 0.6 is 0 Å². The molecule has 1 atom stereocenters. The van der Waals surface area contributed by atoms with Gasteiger partial charge in [-0.25, -0.2) is 4.79 Å². The number of hydrogen-bond acceptors (Lipinski definition) is 6. The number of fused-ring (bicyclic) bond motifs is 1. The third-order valence-electron chi connectivity index (χ3n) is 5.90. The first-order valence-corrected chi connectivity index (χ1v) is 10.4. The Balaban J connectivity index is 2.03. The maximum atomic E-state index is 13.2. The van der Waals surface area contributed by atoms with Crippen LogP contribution in [-0.4, -0.2) is 45.3 Å². The van der Waals surface area contributed by atoms with Crippen LogP contribution in [0.5, 0.6) is 17.2 Å². The Morgan fingerprint density at radius 1 is 0.939 bits per heavy atom. The van der Waals surface area contributed by atoms with Crippen LogP contribution < -0.4 is 19.5 Å². The molecule has 2 heterocycles. The molecule has 0 unspecified atom stereocenters. The normalized spacial score (nSPS) is 14.5. The topological polar surface area (TPSA) is 98.9 Å². The number of aryl methyl sites for hydroxylation is 2. The van der Waals surface area contributed by atoms with Gasteiger partial charge in [0.05, 0.1) is 45.6 Å². The van der Waals surface area contributed by atoms with Gasteiger partial charge in [-0.05, 0) is 37.6 Å². The molecule has 1 amide bonds. The summed E-state index contributed by atoms with van der Waals surface area (Å²) >= 11 is 0. The standard InChI is InChI=1S/C25H26N2O6/c1-12-7-8-16-15(9-12)20(24(28)27-16)21-19(25(29)33-6)13(2)26-22(21)14-10-17(30-3)23(32-5)18(11-14)31-4/h7-11,20,26H,1-6H3,(H,27,28)/t20-/m0/s1. The second-order valence-electron chi connectivity index (χ2n) is 7.83. The Bertz CT molecular complexity index is 1240. The summed E-state index contributed by atoms with van der Waals surface area (Å²) in [6.07, 6.45) is 0. The number of carbonyl (C=O) groups is 2. The van der Waals surface area contributed by atoms with Gasteiger partial charge in [0, 0.05) is 22.5 Å². The van der Waals surface area contributed by atoms with Crippen molar-refractivity contribution in [2.24, 2.45) is 0 Å². The molecule has 0 spiro atoms. The number of methoxy groups -OCH3 is 4. The zero-order valence-corrected chi connectivity index (χ0v) is 19.4. The molecular formula is C25H26N2O6. The zero-order chi connectivity index (χ0) is 23.9. The van der Waals surface area contributed by atoms with Crippen molar-refractivity contribution < 1.29 is 28.5 Å². The number of rotatable bonds is 6. The van der Waals surface area contributed by atoms with Gasteiger partial charge in [0.2, 0.25) is 11.7 Å². The van der Waals surface area contributed by atoms with E-state index < -0.39 is 11.9 Å². The van der Waals surface area contributed by atoms with E-state index in [1.165, 1.54) is 28.4 Å². The molecule has 0 aliphatic carbocycles. The highest BCUT2D eigenvalue weighted by Gasteiger charge is 2.39. The van der Waals surface area contributed by atoms with E-state index in [9.17, 15) is 9.59 Å². The summed E-state index contributed by atoms with van der Waals surface area (Å²) in [5.41, 5.74) is 5.27. The van der Waals surface area contributed by atoms with Gasteiger partial charge in [-0.2, -0.15) is 0 Å². The van der Waals surface area contributed by atoms with Gasteiger partial charge in [0.15, 0.2) is 11.5 Å². The Morgan fingerprint density at radius 2 is 1.61 bits per heavy atom. The molecule has 0 bridgehead atoms. The van der Waals surface area contributed by atoms with Crippen molar-refractivity contribution in [1.82, 2.24) is 4.98 Å². The van der Waals surface area contributed by atoms with Gasteiger partial charge in [-0.15, -0.1) is 0 Å². The van der Waals surface area contributed by atoms with Crippen LogP contribution in [0, 0.1) is 13.8 Å². The lowest BCUT2D eigenvalue weighted by atomic mass is 9.87. The van der Waals surface area contributed by atoms with Crippen molar-refractivity contribution in [3.63, 3.8) is 0 Å². The molecule has 4 rings (SSSR count). The molecule has 1 aliphatic heterocycles. The predicted molar refractivity (Wildman–Crippen MR) is 124 cm³/mol. The summed E-state index contributed by atoms with van der Waals surface area (Å²) in [7, 11) is 5.92. The number of anilines is 1. The molecule has 33 heavy (non-hydrogen) atoms. The van der Waals surface area contributed by atoms with E-state index in [4.69, 9.17) is 18.9 Å². The molecule has 0 radical (unpaired) electrons. The van der Waals surface area contributed by atoms with E-state index in [0.29, 0.717) is 45.3 Å². The summed E-state index contributed by atoms with van der Waals surface area (Å²) in [5.74, 6) is -0.0808. The van der Waals surface area contributed by atoms with Crippen LogP contribution in [0.2, 0.25) is 0 Å². The summed E-state index contributed by atoms with van der Waals surface area (Å²) in [6.45, 7) is 3.74. The fourth-order valence-corrected chi connectivity index (χ4v) is 4.42. The number of esters is 1. The number of carbonyl (C=O) groups excluding carboxylic acids is 2. The SMILES string of the molecule is COC(=O)c1c(C)[nH]c(-c2cc(OC)c(OC)c(OC)c2)c1[C@H]1C(=O)Nc2ccc(C)cc21. The third kappa shape index (κ3) is 3.57. The molecule has 1 aliphatic rings. The number of aromatic amines is 1. The fourth-order valence-electron chi connectivity index (χ4n) is 4.42. The third-order valence-corrected chi connectivity index (χ3v) is 5.90. The first kappa shape index (κ1) is 22.3. The second kappa shape index (κ2) is 8.54. The molecule has 0 saturated carbocycles. The Kier molecular flexibility index (Phi) is 5.76. The number of benzene rings is 2. The smallest absolute Gasteiger partial charge is 0.340 e. The molecule has 8 nitrogen and oxygen atoms in total. The number of amides is 1. The maximum Gasteiger partial charge on any atom is 0.340 e. The maximum absolute atomic E-state index is 13.2. The van der Waals surface area contributed by atoms with Crippen LogP contribution in [-0.2, 0) is 9.53 Å². The number of nitrogens with one attached hydrogen (secondary N) is 2. The minimum Gasteiger partial charge on any atom is -0.493 e. The number of H-pyrrole nitrogens is 1. The monoisotopic (exact) mass is 450 g/mol. The van der Waals surface area contributed by atoms with Gasteiger partial charge in [-0.3, -0.25) is 4.79 Å². The molecule has 0 saturated heterocycles. The number of ether oxygens (including phenoxy) is 4. The van der Waals surface area contributed by atoms with E-state index in [-0.39, 0.29) is 5.91 Å². The highest BCUT2D eigenvalue weighted by molar-refractivity contribution is 6.08. The second-order valence-corrected chi connectivity index (χ2v) is 7.83. The van der Waals surface area contributed by atoms with E-state index in [1.54, 1.807) is 19.1 Å². The molecular weight excluding hydrogens is 424 g/mol. The van der Waals surface area contributed by atoms with Gasteiger partial charge in [0.1, 0.15) is 0 Å². The van der Waals surface area contributed by atoms with Crippen molar-refractivity contribution in [3.8, 4) is 28.5 Å². The summed E-state index contributed by atoms with van der Waals surface area (Å²) in [5, 5.41) is 2.93. The van der Waals surface area contributed by atoms with Crippen molar-refractivity contribution in [2.75, 3.05) is 33.8 Å². The first-order chi connectivity index (χ1) is 15.8. The quantitative estimate of drug-likeness (QED) is 0.547. The van der Waals surface area contributed by atoms with E-state index in [0.717, 1.165) is 16.8 Å². The van der Waals surface area contributed by atoms with Crippen LogP contribution in [0.1, 0.15) is 38.7 Å². The lowest BCUT2D eigenvalue weighted by molar-refractivity contribution is -0.116. The van der Waals surface area contributed by atoms with Gasteiger partial charge in [0.25, 0.3) is 0 Å². The van der Waals surface area contributed by atoms with Gasteiger partial charge >= 0.3 is 5.97 Å². The fraction of sp³-hybridized carbons (Fsp3) is 0.280. The van der Waals surface area contributed by atoms with Crippen LogP contribution in [0.15, 0.2) is 30.3 Å². The molecule has 3 aromatic rings. The van der Waals surface area contributed by atoms with E-state index >= 15 is 0 Å². The highest BCUT2D eigenvalue weighted by Crippen LogP contribution is 2.47. The molecule has 2 N–H and O–H groups in total. The van der Waals surface area contributed by atoms with Crippen molar-refractivity contribution in [3.05, 3.63) is 58.3 Å². The molecule has 2 aromatic carbocycles. The average molecular weight is 450 g/mol. The van der Waals surface area contributed by atoms with Gasteiger partial charge < -0.3 is 29.2 Å². The largest absolute Gasteiger partial charge is 0.493 e. The average Bonchev–Trinajstić information content (AvgIpc) is 3.32. The van der Waals surface area contributed by atoms with Crippen LogP contribution in [0.25, 0.3) is 11.3 Å². The van der Waals surface area contributed by atoms with E-state index in [2.05, 4.69) is 10.3 Å². The summed E-state index contributed by atoms with van der Waals surface area (Å²) in [4.78, 5) is 29.3. The molecule has 0 fully saturated rings. The molecule has 172 valence electrons. The van der Waals surface area contributed by atoms with Crippen molar-refractivity contribution in [2.45, 2.75) is 19.8 Å².